The van der Waals surface area contributed by atoms with E-state index in [1.165, 1.54) is 24.5 Å². The molecule has 4 aromatic rings. The molecule has 3 aliphatic heterocycles. The lowest BCUT2D eigenvalue weighted by Gasteiger charge is -2.32. The van der Waals surface area contributed by atoms with E-state index >= 15 is 4.39 Å². The van der Waals surface area contributed by atoms with Crippen molar-refractivity contribution in [2.75, 3.05) is 32.9 Å². The van der Waals surface area contributed by atoms with Gasteiger partial charge in [0.25, 0.3) is 23.3 Å². The highest BCUT2D eigenvalue weighted by atomic mass is 19.1. The number of carbonyl (C=O) groups is 11. The summed E-state index contributed by atoms with van der Waals surface area (Å²) in [4.78, 5) is 160. The van der Waals surface area contributed by atoms with Crippen molar-refractivity contribution in [3.05, 3.63) is 110 Å². The van der Waals surface area contributed by atoms with Crippen LogP contribution < -0.4 is 42.8 Å². The predicted molar refractivity (Wildman–Crippen MR) is 289 cm³/mol. The molecule has 8 rings (SSSR count). The molecule has 84 heavy (non-hydrogen) atoms. The monoisotopic (exact) mass is 1160 g/mol. The first-order chi connectivity index (χ1) is 39.8. The number of amides is 8. The van der Waals surface area contributed by atoms with Crippen LogP contribution in [-0.4, -0.2) is 152 Å². The Morgan fingerprint density at radius 3 is 2.20 bits per heavy atom. The fourth-order valence-corrected chi connectivity index (χ4v) is 10.4. The van der Waals surface area contributed by atoms with E-state index in [-0.39, 0.29) is 42.6 Å². The average molecular weight is 1170 g/mol. The Labute approximate surface area is 477 Å². The summed E-state index contributed by atoms with van der Waals surface area (Å²) in [6.07, 6.45) is 1.33. The van der Waals surface area contributed by atoms with Gasteiger partial charge in [0.05, 0.1) is 54.7 Å². The van der Waals surface area contributed by atoms with E-state index in [1.807, 2.05) is 0 Å². The third kappa shape index (κ3) is 12.8. The largest absolute Gasteiger partial charge is 0.481 e. The number of aryl methyl sites for hydroxylation is 1. The molecule has 8 amide bonds. The second kappa shape index (κ2) is 25.1. The van der Waals surface area contributed by atoms with E-state index in [1.54, 1.807) is 50.2 Å². The summed E-state index contributed by atoms with van der Waals surface area (Å²) in [6.45, 7) is 2.56. The Hall–Kier alpha value is -9.28. The van der Waals surface area contributed by atoms with Gasteiger partial charge in [-0.05, 0) is 74.8 Å². The molecule has 0 spiro atoms. The number of carbonyl (C=O) groups excluding carboxylic acids is 9. The van der Waals surface area contributed by atoms with Gasteiger partial charge in [-0.1, -0.05) is 37.3 Å². The van der Waals surface area contributed by atoms with Crippen LogP contribution in [0.25, 0.3) is 22.3 Å². The molecule has 5 atom stereocenters. The Bertz CT molecular complexity index is 3500. The number of aliphatic hydroxyl groups is 1. The minimum absolute atomic E-state index is 0.0120. The summed E-state index contributed by atoms with van der Waals surface area (Å²) in [5.74, 6) is -11.0. The number of esters is 1. The predicted octanol–water partition coefficient (Wildman–Crippen LogP) is -1.22. The lowest BCUT2D eigenvalue weighted by molar-refractivity contribution is -0.172. The zero-order valence-corrected chi connectivity index (χ0v) is 46.0. The number of aromatic nitrogens is 2. The third-order valence-corrected chi connectivity index (χ3v) is 15.1. The second-order valence-corrected chi connectivity index (χ2v) is 20.9. The number of hydrogen-bond acceptors (Lipinski definition) is 17. The smallest absolute Gasteiger partial charge is 0.343 e. The van der Waals surface area contributed by atoms with Crippen LogP contribution in [0.2, 0.25) is 0 Å². The van der Waals surface area contributed by atoms with Gasteiger partial charge in [0.2, 0.25) is 29.5 Å². The highest BCUT2D eigenvalue weighted by molar-refractivity contribution is 6.15. The molecule has 0 radical (unpaired) electrons. The van der Waals surface area contributed by atoms with Crippen LogP contribution >= 0.6 is 0 Å². The van der Waals surface area contributed by atoms with Gasteiger partial charge in [0, 0.05) is 54.1 Å². The van der Waals surface area contributed by atoms with Gasteiger partial charge in [0.1, 0.15) is 42.9 Å². The first-order valence-electron chi connectivity index (χ1n) is 26.7. The number of halogens is 1. The number of hydrogen-bond donors (Lipinski definition) is 10. The van der Waals surface area contributed by atoms with Crippen LogP contribution in [0.3, 0.4) is 0 Å². The maximum atomic E-state index is 15.5. The first-order valence-corrected chi connectivity index (χ1v) is 26.7. The summed E-state index contributed by atoms with van der Waals surface area (Å²) in [5.41, 5.74) is -0.181. The number of cyclic esters (lactones) is 1. The standard InChI is InChI=1S/C56H61FN10O17/c1-5-56(82)32-18-38-48-30(24-66(38)51(77)31(32)25-83-54(56)81)47-34(12-11-29-27(2)33(57)19-36(64-48)46(29)47)65-53(80)55(3,4)84-26-62-41(69)22-60-49(75)37(17-28-9-7-6-8-10-28)63-42(70)23-59-40(68)21-61-50(76)39(67-43(71)14-15-44(67)72)20-58-35(52(78)79)13-16-45(73)74/h6-10,14-15,18-19,34-35,37,39,58,82H,5,11-13,16-17,20-26H2,1-4H3,(H,59,68)(H,60,75)(H,61,76)(H,62,69)(H,63,70)(H,65,80)(H,73,74)(H,78,79)/t34-,35?,37-,39-,56-/m0/s1. The average Bonchev–Trinajstić information content (AvgIpc) is 2.77. The number of ether oxygens (including phenoxy) is 2. The molecule has 0 fully saturated rings. The normalized spacial score (nSPS) is 17.7. The van der Waals surface area contributed by atoms with Crippen molar-refractivity contribution >= 4 is 76.1 Å². The van der Waals surface area contributed by atoms with Crippen molar-refractivity contribution in [1.82, 2.24) is 51.7 Å². The third-order valence-electron chi connectivity index (χ3n) is 15.1. The summed E-state index contributed by atoms with van der Waals surface area (Å²) in [5, 5.41) is 48.0. The summed E-state index contributed by atoms with van der Waals surface area (Å²) in [7, 11) is 0. The number of carboxylic acids is 2. The Kier molecular flexibility index (Phi) is 18.1. The van der Waals surface area contributed by atoms with Crippen molar-refractivity contribution in [1.29, 1.82) is 0 Å². The van der Waals surface area contributed by atoms with Crippen LogP contribution in [0.1, 0.15) is 91.4 Å². The molecule has 5 heterocycles. The highest BCUT2D eigenvalue weighted by Crippen LogP contribution is 2.46. The lowest BCUT2D eigenvalue weighted by atomic mass is 9.81. The minimum Gasteiger partial charge on any atom is -0.481 e. The van der Waals surface area contributed by atoms with Crippen LogP contribution in [0, 0.1) is 12.7 Å². The van der Waals surface area contributed by atoms with Gasteiger partial charge in [0.15, 0.2) is 5.60 Å². The quantitative estimate of drug-likeness (QED) is 0.0186. The van der Waals surface area contributed by atoms with E-state index in [0.29, 0.717) is 62.3 Å². The Balaban J connectivity index is 0.854. The van der Waals surface area contributed by atoms with E-state index in [2.05, 4.69) is 37.2 Å². The molecule has 1 aliphatic carbocycles. The number of pyridine rings is 2. The Morgan fingerprint density at radius 1 is 0.869 bits per heavy atom. The van der Waals surface area contributed by atoms with Gasteiger partial charge in [-0.15, -0.1) is 0 Å². The summed E-state index contributed by atoms with van der Waals surface area (Å²) < 4.78 is 28.0. The molecule has 28 heteroatoms. The lowest BCUT2D eigenvalue weighted by Crippen LogP contribution is -2.57. The summed E-state index contributed by atoms with van der Waals surface area (Å²) in [6, 6.07) is 6.14. The van der Waals surface area contributed by atoms with Crippen molar-refractivity contribution < 1.29 is 81.9 Å². The molecule has 1 unspecified atom stereocenters. The fraction of sp³-hybridized carbons (Fsp3) is 0.411. The van der Waals surface area contributed by atoms with Crippen molar-refractivity contribution in [2.24, 2.45) is 0 Å². The number of carboxylic acid groups (broad SMARTS) is 2. The molecule has 2 aromatic carbocycles. The van der Waals surface area contributed by atoms with E-state index in [9.17, 15) is 67.7 Å². The molecule has 0 saturated heterocycles. The molecule has 2 aromatic heterocycles. The van der Waals surface area contributed by atoms with Gasteiger partial charge >= 0.3 is 17.9 Å². The molecule has 27 nitrogen and oxygen atoms in total. The molecular weight excluding hydrogens is 1100 g/mol. The molecule has 444 valence electrons. The number of benzene rings is 2. The second-order valence-electron chi connectivity index (χ2n) is 20.9. The topological polar surface area (TPSA) is 389 Å². The van der Waals surface area contributed by atoms with Crippen LogP contribution in [0.4, 0.5) is 4.39 Å². The van der Waals surface area contributed by atoms with E-state index in [4.69, 9.17) is 19.6 Å². The highest BCUT2D eigenvalue weighted by Gasteiger charge is 2.46. The molecule has 10 N–H and O–H groups in total. The molecule has 4 aliphatic rings. The zero-order chi connectivity index (χ0) is 60.9. The maximum absolute atomic E-state index is 15.5. The maximum Gasteiger partial charge on any atom is 0.343 e. The van der Waals surface area contributed by atoms with E-state index in [0.717, 1.165) is 12.2 Å². The number of fused-ring (bicyclic) bond motifs is 5. The molecule has 0 bridgehead atoms. The number of nitrogens with one attached hydrogen (secondary N) is 7. The van der Waals surface area contributed by atoms with Gasteiger partial charge < -0.3 is 66.6 Å². The van der Waals surface area contributed by atoms with E-state index < -0.39 is 158 Å². The number of aliphatic carboxylic acids is 2. The molecule has 0 saturated carbocycles. The van der Waals surface area contributed by atoms with Crippen molar-refractivity contribution in [3.8, 4) is 11.4 Å². The fourth-order valence-electron chi connectivity index (χ4n) is 10.4. The Morgan fingerprint density at radius 2 is 1.54 bits per heavy atom. The van der Waals surface area contributed by atoms with Crippen molar-refractivity contribution in [3.63, 3.8) is 0 Å². The molecular formula is C56H61FN10O17. The van der Waals surface area contributed by atoms with Crippen molar-refractivity contribution in [2.45, 2.75) is 115 Å². The first kappa shape index (κ1) is 60.8. The summed E-state index contributed by atoms with van der Waals surface area (Å²) >= 11 is 0. The minimum atomic E-state index is -2.08. The van der Waals surface area contributed by atoms with Crippen LogP contribution in [-0.2, 0) is 93.8 Å². The van der Waals surface area contributed by atoms with Gasteiger partial charge in [-0.25, -0.2) is 14.2 Å². The number of imide groups is 1. The SMILES string of the molecule is CC[C@@]1(O)C(=O)OCc2c1cc1n(c2=O)Cc2c-1nc1cc(F)c(C)c3c1c2[C@@H](NC(=O)C(C)(C)OCNC(=O)CNC(=O)[C@H](Cc1ccccc1)NC(=O)CNC(=O)CNC(=O)[C@H](CNC(CCC(=O)O)C(=O)O)N1C(=O)C=CC1=O)CC3. The van der Waals surface area contributed by atoms with Crippen LogP contribution in [0.5, 0.6) is 0 Å². The van der Waals surface area contributed by atoms with Gasteiger partial charge in [-0.2, -0.15) is 0 Å². The van der Waals surface area contributed by atoms with Crippen LogP contribution in [0.15, 0.2) is 59.4 Å². The zero-order valence-electron chi connectivity index (χ0n) is 46.0. The number of nitrogens with zero attached hydrogens (tertiary/aromatic N) is 3. The van der Waals surface area contributed by atoms with Gasteiger partial charge in [-0.3, -0.25) is 57.6 Å². The number of rotatable bonds is 25.